The number of nitrogens with two attached hydrogens (primary N) is 1. The van der Waals surface area contributed by atoms with Gasteiger partial charge in [-0.1, -0.05) is 26.0 Å². The van der Waals surface area contributed by atoms with Crippen LogP contribution in [0.15, 0.2) is 18.2 Å². The SMILES string of the molecule is CN1CCc2cc(C(C)(C)CCN)ccc21. The molecule has 1 aliphatic heterocycles. The average Bonchev–Trinajstić information content (AvgIpc) is 2.60. The van der Waals surface area contributed by atoms with E-state index in [-0.39, 0.29) is 5.41 Å². The van der Waals surface area contributed by atoms with Crippen molar-refractivity contribution in [2.75, 3.05) is 25.0 Å². The van der Waals surface area contributed by atoms with Gasteiger partial charge in [0, 0.05) is 19.3 Å². The van der Waals surface area contributed by atoms with Gasteiger partial charge < -0.3 is 10.6 Å². The van der Waals surface area contributed by atoms with E-state index in [2.05, 4.69) is 44.0 Å². The van der Waals surface area contributed by atoms with Crippen LogP contribution in [-0.4, -0.2) is 20.1 Å². The molecular formula is C14H22N2. The van der Waals surface area contributed by atoms with Crippen LogP contribution in [-0.2, 0) is 11.8 Å². The van der Waals surface area contributed by atoms with Crippen molar-refractivity contribution >= 4 is 5.69 Å². The predicted octanol–water partition coefficient (Wildman–Crippen LogP) is 2.31. The minimum absolute atomic E-state index is 0.199. The molecule has 0 atom stereocenters. The summed E-state index contributed by atoms with van der Waals surface area (Å²) in [5, 5.41) is 0. The molecule has 2 nitrogen and oxygen atoms in total. The zero-order valence-corrected chi connectivity index (χ0v) is 10.6. The molecule has 88 valence electrons. The lowest BCUT2D eigenvalue weighted by molar-refractivity contribution is 0.487. The smallest absolute Gasteiger partial charge is 0.0397 e. The fraction of sp³-hybridized carbons (Fsp3) is 0.571. The normalized spacial score (nSPS) is 15.4. The monoisotopic (exact) mass is 218 g/mol. The number of fused-ring (bicyclic) bond motifs is 1. The maximum absolute atomic E-state index is 5.68. The number of anilines is 1. The van der Waals surface area contributed by atoms with Gasteiger partial charge in [0.15, 0.2) is 0 Å². The maximum atomic E-state index is 5.68. The van der Waals surface area contributed by atoms with Crippen LogP contribution in [0.1, 0.15) is 31.4 Å². The van der Waals surface area contributed by atoms with Gasteiger partial charge in [-0.15, -0.1) is 0 Å². The van der Waals surface area contributed by atoms with Crippen molar-refractivity contribution in [1.82, 2.24) is 0 Å². The van der Waals surface area contributed by atoms with Gasteiger partial charge in [-0.25, -0.2) is 0 Å². The van der Waals surface area contributed by atoms with Crippen LogP contribution in [0.2, 0.25) is 0 Å². The van der Waals surface area contributed by atoms with E-state index in [4.69, 9.17) is 5.73 Å². The summed E-state index contributed by atoms with van der Waals surface area (Å²) in [5.41, 5.74) is 10.2. The summed E-state index contributed by atoms with van der Waals surface area (Å²) in [6.07, 6.45) is 2.22. The van der Waals surface area contributed by atoms with E-state index in [0.717, 1.165) is 19.5 Å². The Balaban J connectivity index is 2.32. The second kappa shape index (κ2) is 4.10. The summed E-state index contributed by atoms with van der Waals surface area (Å²) < 4.78 is 0. The quantitative estimate of drug-likeness (QED) is 0.843. The van der Waals surface area contributed by atoms with Gasteiger partial charge in [0.05, 0.1) is 0 Å². The van der Waals surface area contributed by atoms with Gasteiger partial charge in [-0.3, -0.25) is 0 Å². The lowest BCUT2D eigenvalue weighted by Gasteiger charge is -2.25. The summed E-state index contributed by atoms with van der Waals surface area (Å²) in [7, 11) is 2.16. The summed E-state index contributed by atoms with van der Waals surface area (Å²) in [5.74, 6) is 0. The molecule has 0 fully saturated rings. The molecule has 0 bridgehead atoms. The van der Waals surface area contributed by atoms with E-state index >= 15 is 0 Å². The lowest BCUT2D eigenvalue weighted by Crippen LogP contribution is -2.21. The Hall–Kier alpha value is -1.02. The standard InChI is InChI=1S/C14H22N2/c1-14(2,7-8-15)12-4-5-13-11(10-12)6-9-16(13)3/h4-5,10H,6-9,15H2,1-3H3. The van der Waals surface area contributed by atoms with E-state index < -0.39 is 0 Å². The van der Waals surface area contributed by atoms with Crippen molar-refractivity contribution in [1.29, 1.82) is 0 Å². The Labute approximate surface area is 98.4 Å². The van der Waals surface area contributed by atoms with Crippen LogP contribution >= 0.6 is 0 Å². The molecule has 0 radical (unpaired) electrons. The highest BCUT2D eigenvalue weighted by atomic mass is 15.1. The van der Waals surface area contributed by atoms with Crippen molar-refractivity contribution in [2.45, 2.75) is 32.1 Å². The van der Waals surface area contributed by atoms with Crippen molar-refractivity contribution in [3.05, 3.63) is 29.3 Å². The fourth-order valence-electron chi connectivity index (χ4n) is 2.49. The highest BCUT2D eigenvalue weighted by molar-refractivity contribution is 5.59. The van der Waals surface area contributed by atoms with Crippen LogP contribution < -0.4 is 10.6 Å². The van der Waals surface area contributed by atoms with Gasteiger partial charge in [-0.05, 0) is 42.0 Å². The van der Waals surface area contributed by atoms with Crippen molar-refractivity contribution in [3.63, 3.8) is 0 Å². The van der Waals surface area contributed by atoms with Gasteiger partial charge in [0.1, 0.15) is 0 Å². The number of likely N-dealkylation sites (N-methyl/N-ethyl adjacent to an activating group) is 1. The largest absolute Gasteiger partial charge is 0.374 e. The molecular weight excluding hydrogens is 196 g/mol. The Morgan fingerprint density at radius 3 is 2.81 bits per heavy atom. The number of benzene rings is 1. The molecule has 0 spiro atoms. The van der Waals surface area contributed by atoms with Crippen molar-refractivity contribution in [2.24, 2.45) is 5.73 Å². The molecule has 16 heavy (non-hydrogen) atoms. The summed E-state index contributed by atoms with van der Waals surface area (Å²) in [6, 6.07) is 6.89. The van der Waals surface area contributed by atoms with Gasteiger partial charge in [0.25, 0.3) is 0 Å². The highest BCUT2D eigenvalue weighted by Crippen LogP contribution is 2.33. The minimum Gasteiger partial charge on any atom is -0.374 e. The van der Waals surface area contributed by atoms with Crippen LogP contribution in [0.5, 0.6) is 0 Å². The topological polar surface area (TPSA) is 29.3 Å². The minimum atomic E-state index is 0.199. The molecule has 0 amide bonds. The van der Waals surface area contributed by atoms with Gasteiger partial charge in [-0.2, -0.15) is 0 Å². The predicted molar refractivity (Wildman–Crippen MR) is 70.1 cm³/mol. The Bertz CT molecular complexity index is 382. The zero-order valence-electron chi connectivity index (χ0n) is 10.6. The molecule has 1 aromatic carbocycles. The molecule has 0 aliphatic carbocycles. The number of nitrogens with zero attached hydrogens (tertiary/aromatic N) is 1. The first kappa shape index (κ1) is 11.5. The molecule has 2 rings (SSSR count). The van der Waals surface area contributed by atoms with Crippen LogP contribution in [0, 0.1) is 0 Å². The van der Waals surface area contributed by atoms with E-state index in [9.17, 15) is 0 Å². The second-order valence-corrected chi connectivity index (χ2v) is 5.44. The molecule has 1 aliphatic rings. The van der Waals surface area contributed by atoms with Crippen LogP contribution in [0.4, 0.5) is 5.69 Å². The zero-order chi connectivity index (χ0) is 11.8. The summed E-state index contributed by atoms with van der Waals surface area (Å²) in [4.78, 5) is 2.33. The molecule has 2 heteroatoms. The Morgan fingerprint density at radius 1 is 1.38 bits per heavy atom. The van der Waals surface area contributed by atoms with Gasteiger partial charge in [0.2, 0.25) is 0 Å². The first-order chi connectivity index (χ1) is 7.54. The highest BCUT2D eigenvalue weighted by Gasteiger charge is 2.23. The first-order valence-electron chi connectivity index (χ1n) is 6.09. The summed E-state index contributed by atoms with van der Waals surface area (Å²) in [6.45, 7) is 6.46. The first-order valence-corrected chi connectivity index (χ1v) is 6.09. The van der Waals surface area contributed by atoms with E-state index in [1.54, 1.807) is 0 Å². The Kier molecular flexibility index (Phi) is 2.94. The van der Waals surface area contributed by atoms with E-state index in [0.29, 0.717) is 0 Å². The molecule has 1 aromatic rings. The summed E-state index contributed by atoms with van der Waals surface area (Å²) >= 11 is 0. The van der Waals surface area contributed by atoms with Crippen LogP contribution in [0.3, 0.4) is 0 Å². The molecule has 0 saturated heterocycles. The molecule has 0 unspecified atom stereocenters. The molecule has 1 heterocycles. The maximum Gasteiger partial charge on any atom is 0.0397 e. The molecule has 0 saturated carbocycles. The number of hydrogen-bond donors (Lipinski definition) is 1. The third-order valence-corrected chi connectivity index (χ3v) is 3.76. The second-order valence-electron chi connectivity index (χ2n) is 5.44. The number of rotatable bonds is 3. The molecule has 0 aromatic heterocycles. The van der Waals surface area contributed by atoms with Gasteiger partial charge >= 0.3 is 0 Å². The molecule has 2 N–H and O–H groups in total. The third kappa shape index (κ3) is 1.94. The van der Waals surface area contributed by atoms with Crippen molar-refractivity contribution in [3.8, 4) is 0 Å². The average molecular weight is 218 g/mol. The number of hydrogen-bond acceptors (Lipinski definition) is 2. The third-order valence-electron chi connectivity index (χ3n) is 3.76. The Morgan fingerprint density at radius 2 is 2.12 bits per heavy atom. The van der Waals surface area contributed by atoms with Crippen LogP contribution in [0.25, 0.3) is 0 Å². The lowest BCUT2D eigenvalue weighted by atomic mass is 9.81. The van der Waals surface area contributed by atoms with E-state index in [1.165, 1.54) is 23.2 Å². The van der Waals surface area contributed by atoms with E-state index in [1.807, 2.05) is 0 Å². The fourth-order valence-corrected chi connectivity index (χ4v) is 2.49. The van der Waals surface area contributed by atoms with Crippen molar-refractivity contribution < 1.29 is 0 Å².